The zero-order valence-electron chi connectivity index (χ0n) is 12.1. The number of nitrogens with zero attached hydrogens (tertiary/aromatic N) is 1. The first kappa shape index (κ1) is 14.3. The molecule has 1 N–H and O–H groups in total. The smallest absolute Gasteiger partial charge is 0.245 e. The van der Waals surface area contributed by atoms with Crippen molar-refractivity contribution in [3.63, 3.8) is 0 Å². The van der Waals surface area contributed by atoms with Crippen LogP contribution in [-0.4, -0.2) is 4.98 Å². The Bertz CT molecular complexity index is 295. The van der Waals surface area contributed by atoms with Crippen molar-refractivity contribution in [1.29, 1.82) is 0 Å². The summed E-state index contributed by atoms with van der Waals surface area (Å²) < 4.78 is 2.55. The first-order valence-corrected chi connectivity index (χ1v) is 7.40. The molecular weight excluding hydrogens is 208 g/mol. The molecule has 0 radical (unpaired) electrons. The van der Waals surface area contributed by atoms with Gasteiger partial charge in [0, 0.05) is 19.3 Å². The topological polar surface area (TPSA) is 19.7 Å². The van der Waals surface area contributed by atoms with E-state index in [4.69, 9.17) is 0 Å². The van der Waals surface area contributed by atoms with Crippen LogP contribution in [0.1, 0.15) is 70.6 Å². The average molecular weight is 237 g/mol. The quantitative estimate of drug-likeness (QED) is 0.667. The Morgan fingerprint density at radius 3 is 2.00 bits per heavy atom. The summed E-state index contributed by atoms with van der Waals surface area (Å²) in [5.74, 6) is 1.45. The highest BCUT2D eigenvalue weighted by molar-refractivity contribution is 5.09. The first-order valence-electron chi connectivity index (χ1n) is 7.40. The molecule has 1 aromatic rings. The number of nitrogens with one attached hydrogen (secondary N) is 1. The van der Waals surface area contributed by atoms with Gasteiger partial charge in [0.2, 0.25) is 0 Å². The van der Waals surface area contributed by atoms with Crippen LogP contribution in [0.3, 0.4) is 0 Å². The predicted octanol–water partition coefficient (Wildman–Crippen LogP) is 3.57. The van der Waals surface area contributed by atoms with E-state index in [1.165, 1.54) is 63.0 Å². The number of rotatable bonds is 8. The highest BCUT2D eigenvalue weighted by atomic mass is 15.1. The molecule has 0 aliphatic heterocycles. The molecule has 1 rings (SSSR count). The molecule has 17 heavy (non-hydrogen) atoms. The summed E-state index contributed by atoms with van der Waals surface area (Å²) in [7, 11) is 0. The van der Waals surface area contributed by atoms with Gasteiger partial charge in [-0.3, -0.25) is 0 Å². The molecule has 0 spiro atoms. The molecule has 2 heteroatoms. The molecule has 98 valence electrons. The molecule has 0 fully saturated rings. The molecule has 0 atom stereocenters. The number of aromatic nitrogens is 2. The van der Waals surface area contributed by atoms with E-state index in [1.54, 1.807) is 5.69 Å². The molecule has 1 heterocycles. The fraction of sp³-hybridized carbons (Fsp3) is 0.800. The highest BCUT2D eigenvalue weighted by Crippen LogP contribution is 2.11. The summed E-state index contributed by atoms with van der Waals surface area (Å²) in [6.45, 7) is 10.2. The van der Waals surface area contributed by atoms with E-state index in [0.29, 0.717) is 0 Å². The zero-order chi connectivity index (χ0) is 12.7. The standard InChI is InChI=1S/C15H28N2/c1-5-9-13-14(10-6-2)17(12-8-4)15(16-13)11-7-3/h5-12H2,1-4H3/p+1. The van der Waals surface area contributed by atoms with E-state index < -0.39 is 0 Å². The van der Waals surface area contributed by atoms with Crippen molar-refractivity contribution in [3.05, 3.63) is 17.2 Å². The van der Waals surface area contributed by atoms with Crippen molar-refractivity contribution in [1.82, 2.24) is 4.98 Å². The summed E-state index contributed by atoms with van der Waals surface area (Å²) >= 11 is 0. The Morgan fingerprint density at radius 1 is 0.824 bits per heavy atom. The van der Waals surface area contributed by atoms with Gasteiger partial charge in [-0.05, 0) is 25.7 Å². The van der Waals surface area contributed by atoms with E-state index >= 15 is 0 Å². The van der Waals surface area contributed by atoms with Gasteiger partial charge < -0.3 is 0 Å². The molecule has 1 aromatic heterocycles. The molecule has 0 bridgehead atoms. The lowest BCUT2D eigenvalue weighted by Gasteiger charge is -2.03. The maximum atomic E-state index is 3.68. The number of aryl methyl sites for hydroxylation is 2. The van der Waals surface area contributed by atoms with Gasteiger partial charge in [0.05, 0.1) is 6.54 Å². The van der Waals surface area contributed by atoms with Gasteiger partial charge in [-0.1, -0.05) is 27.7 Å². The van der Waals surface area contributed by atoms with E-state index in [0.717, 1.165) is 0 Å². The molecule has 0 unspecified atom stereocenters. The minimum Gasteiger partial charge on any atom is -0.245 e. The van der Waals surface area contributed by atoms with Gasteiger partial charge in [0.15, 0.2) is 0 Å². The number of hydrogen-bond acceptors (Lipinski definition) is 0. The third-order valence-electron chi connectivity index (χ3n) is 3.22. The Kier molecular flexibility index (Phi) is 6.31. The lowest BCUT2D eigenvalue weighted by molar-refractivity contribution is -0.710. The van der Waals surface area contributed by atoms with Crippen LogP contribution in [0.4, 0.5) is 0 Å². The number of H-pyrrole nitrogens is 1. The Hall–Kier alpha value is -0.790. The van der Waals surface area contributed by atoms with Crippen molar-refractivity contribution in [2.45, 2.75) is 79.2 Å². The average Bonchev–Trinajstić information content (AvgIpc) is 2.61. The molecule has 0 aliphatic carbocycles. The van der Waals surface area contributed by atoms with Crippen molar-refractivity contribution in [3.8, 4) is 0 Å². The molecule has 2 nitrogen and oxygen atoms in total. The van der Waals surface area contributed by atoms with E-state index in [-0.39, 0.29) is 0 Å². The van der Waals surface area contributed by atoms with E-state index in [1.807, 2.05) is 0 Å². The predicted molar refractivity (Wildman–Crippen MR) is 73.3 cm³/mol. The first-order chi connectivity index (χ1) is 8.28. The molecule has 0 saturated carbocycles. The van der Waals surface area contributed by atoms with Crippen LogP contribution in [-0.2, 0) is 25.8 Å². The van der Waals surface area contributed by atoms with Gasteiger partial charge in [-0.2, -0.15) is 0 Å². The lowest BCUT2D eigenvalue weighted by atomic mass is 10.1. The maximum Gasteiger partial charge on any atom is 0.254 e. The highest BCUT2D eigenvalue weighted by Gasteiger charge is 2.21. The van der Waals surface area contributed by atoms with Crippen LogP contribution in [0.2, 0.25) is 0 Å². The second-order valence-corrected chi connectivity index (χ2v) is 4.90. The fourth-order valence-electron chi connectivity index (χ4n) is 2.55. The third-order valence-corrected chi connectivity index (χ3v) is 3.22. The van der Waals surface area contributed by atoms with Gasteiger partial charge >= 0.3 is 0 Å². The van der Waals surface area contributed by atoms with Crippen molar-refractivity contribution in [2.75, 3.05) is 0 Å². The van der Waals surface area contributed by atoms with E-state index in [9.17, 15) is 0 Å². The van der Waals surface area contributed by atoms with Crippen LogP contribution in [0.15, 0.2) is 0 Å². The van der Waals surface area contributed by atoms with Crippen LogP contribution in [0, 0.1) is 0 Å². The number of imidazole rings is 1. The van der Waals surface area contributed by atoms with Gasteiger partial charge in [-0.25, -0.2) is 9.55 Å². The van der Waals surface area contributed by atoms with E-state index in [2.05, 4.69) is 37.2 Å². The van der Waals surface area contributed by atoms with Crippen LogP contribution < -0.4 is 4.57 Å². The second-order valence-electron chi connectivity index (χ2n) is 4.90. The van der Waals surface area contributed by atoms with Gasteiger partial charge in [0.1, 0.15) is 11.4 Å². The van der Waals surface area contributed by atoms with Crippen LogP contribution >= 0.6 is 0 Å². The fourth-order valence-corrected chi connectivity index (χ4v) is 2.55. The molecular formula is C15H29N2+. The second kappa shape index (κ2) is 7.52. The van der Waals surface area contributed by atoms with Crippen molar-refractivity contribution in [2.24, 2.45) is 0 Å². The Balaban J connectivity index is 3.07. The minimum absolute atomic E-state index is 1.17. The van der Waals surface area contributed by atoms with Crippen molar-refractivity contribution >= 4 is 0 Å². The Morgan fingerprint density at radius 2 is 1.47 bits per heavy atom. The summed E-state index contributed by atoms with van der Waals surface area (Å²) in [4.78, 5) is 3.68. The maximum absolute atomic E-state index is 3.68. The normalized spacial score (nSPS) is 11.1. The minimum atomic E-state index is 1.17. The SMILES string of the molecule is CCCc1[nH]c(CCC)[n+](CCC)c1CCC. The molecule has 0 amide bonds. The van der Waals surface area contributed by atoms with Crippen LogP contribution in [0.25, 0.3) is 0 Å². The number of hydrogen-bond donors (Lipinski definition) is 1. The summed E-state index contributed by atoms with van der Waals surface area (Å²) in [6.07, 6.45) is 8.51. The Labute approximate surface area is 106 Å². The lowest BCUT2D eigenvalue weighted by Crippen LogP contribution is -2.40. The molecule has 0 aromatic carbocycles. The molecule has 0 aliphatic rings. The van der Waals surface area contributed by atoms with Crippen LogP contribution in [0.5, 0.6) is 0 Å². The summed E-state index contributed by atoms with van der Waals surface area (Å²) in [5.41, 5.74) is 3.06. The largest absolute Gasteiger partial charge is 0.254 e. The summed E-state index contributed by atoms with van der Waals surface area (Å²) in [6, 6.07) is 0. The monoisotopic (exact) mass is 237 g/mol. The third kappa shape index (κ3) is 3.58. The summed E-state index contributed by atoms with van der Waals surface area (Å²) in [5, 5.41) is 0. The van der Waals surface area contributed by atoms with Gasteiger partial charge in [-0.15, -0.1) is 0 Å². The van der Waals surface area contributed by atoms with Crippen molar-refractivity contribution < 1.29 is 4.57 Å². The number of aromatic amines is 1. The molecule has 0 saturated heterocycles. The van der Waals surface area contributed by atoms with Gasteiger partial charge in [0.25, 0.3) is 5.82 Å². The zero-order valence-corrected chi connectivity index (χ0v) is 12.1.